The van der Waals surface area contributed by atoms with Crippen molar-refractivity contribution in [1.82, 2.24) is 4.90 Å². The van der Waals surface area contributed by atoms with Gasteiger partial charge < -0.3 is 9.84 Å². The number of hydrogen-bond acceptors (Lipinski definition) is 4. The summed E-state index contributed by atoms with van der Waals surface area (Å²) in [5.41, 5.74) is 1.14. The van der Waals surface area contributed by atoms with Crippen LogP contribution in [0.1, 0.15) is 18.9 Å². The molecule has 0 bridgehead atoms. The molecular weight excluding hydrogens is 230 g/mol. The van der Waals surface area contributed by atoms with Crippen LogP contribution in [0.3, 0.4) is 0 Å². The molecule has 1 aliphatic heterocycles. The second-order valence-corrected chi connectivity index (χ2v) is 4.57. The van der Waals surface area contributed by atoms with Crippen LogP contribution < -0.4 is 0 Å². The lowest BCUT2D eigenvalue weighted by Gasteiger charge is -2.22. The zero-order valence-corrected chi connectivity index (χ0v) is 10.6. The fourth-order valence-corrected chi connectivity index (χ4v) is 2.36. The standard InChI is InChI=1S/C14H19NO3/c1-2-18-14(17)13-8-12(16)10-15(13)9-11-6-4-3-5-7-11/h3-7,12-13,16H,2,8-10H2,1H3/t12-,13+/m0/s1. The van der Waals surface area contributed by atoms with E-state index in [0.717, 1.165) is 5.56 Å². The summed E-state index contributed by atoms with van der Waals surface area (Å²) in [6.07, 6.45) is 0.0224. The number of nitrogens with zero attached hydrogens (tertiary/aromatic N) is 1. The molecule has 0 unspecified atom stereocenters. The molecule has 1 aliphatic rings. The largest absolute Gasteiger partial charge is 0.465 e. The van der Waals surface area contributed by atoms with E-state index in [1.807, 2.05) is 35.2 Å². The van der Waals surface area contributed by atoms with Gasteiger partial charge >= 0.3 is 5.97 Å². The maximum atomic E-state index is 11.8. The highest BCUT2D eigenvalue weighted by Gasteiger charge is 2.36. The maximum absolute atomic E-state index is 11.8. The van der Waals surface area contributed by atoms with E-state index in [1.165, 1.54) is 0 Å². The van der Waals surface area contributed by atoms with Crippen molar-refractivity contribution >= 4 is 5.97 Å². The minimum atomic E-state index is -0.442. The van der Waals surface area contributed by atoms with Crippen molar-refractivity contribution in [3.8, 4) is 0 Å². The van der Waals surface area contributed by atoms with Crippen LogP contribution in [-0.4, -0.2) is 41.3 Å². The number of aliphatic hydroxyl groups excluding tert-OH is 1. The molecule has 1 N–H and O–H groups in total. The molecule has 2 atom stereocenters. The van der Waals surface area contributed by atoms with Crippen molar-refractivity contribution in [3.63, 3.8) is 0 Å². The maximum Gasteiger partial charge on any atom is 0.323 e. The third-order valence-corrected chi connectivity index (χ3v) is 3.17. The molecule has 0 aromatic heterocycles. The minimum Gasteiger partial charge on any atom is -0.465 e. The molecule has 4 heteroatoms. The number of rotatable bonds is 4. The van der Waals surface area contributed by atoms with Crippen molar-refractivity contribution in [2.45, 2.75) is 32.0 Å². The van der Waals surface area contributed by atoms with E-state index >= 15 is 0 Å². The molecule has 1 saturated heterocycles. The summed E-state index contributed by atoms with van der Waals surface area (Å²) in [6, 6.07) is 9.63. The Bertz CT molecular complexity index is 393. The molecule has 0 aliphatic carbocycles. The molecular formula is C14H19NO3. The highest BCUT2D eigenvalue weighted by molar-refractivity contribution is 5.76. The van der Waals surface area contributed by atoms with E-state index in [-0.39, 0.29) is 12.0 Å². The van der Waals surface area contributed by atoms with Crippen LogP contribution in [0, 0.1) is 0 Å². The van der Waals surface area contributed by atoms with Crippen LogP contribution in [0.25, 0.3) is 0 Å². The first kappa shape index (κ1) is 13.1. The first-order valence-electron chi connectivity index (χ1n) is 6.33. The van der Waals surface area contributed by atoms with Gasteiger partial charge in [0, 0.05) is 19.5 Å². The number of aliphatic hydroxyl groups is 1. The van der Waals surface area contributed by atoms with Crippen LogP contribution in [0.5, 0.6) is 0 Å². The number of β-amino-alcohol motifs (C(OH)–C–C–N with tert-alkyl or cyclic N) is 1. The summed E-state index contributed by atoms with van der Waals surface area (Å²) in [5.74, 6) is -0.231. The van der Waals surface area contributed by atoms with E-state index in [4.69, 9.17) is 4.74 Å². The van der Waals surface area contributed by atoms with Crippen molar-refractivity contribution < 1.29 is 14.6 Å². The molecule has 0 amide bonds. The molecule has 0 saturated carbocycles. The average Bonchev–Trinajstić information content (AvgIpc) is 2.72. The molecule has 0 spiro atoms. The van der Waals surface area contributed by atoms with Crippen LogP contribution in [0.15, 0.2) is 30.3 Å². The Kier molecular flexibility index (Phi) is 4.33. The van der Waals surface area contributed by atoms with Crippen LogP contribution >= 0.6 is 0 Å². The molecule has 98 valence electrons. The quantitative estimate of drug-likeness (QED) is 0.814. The Labute approximate surface area is 107 Å². The molecule has 0 radical (unpaired) electrons. The first-order valence-corrected chi connectivity index (χ1v) is 6.33. The topological polar surface area (TPSA) is 49.8 Å². The zero-order valence-electron chi connectivity index (χ0n) is 10.6. The van der Waals surface area contributed by atoms with E-state index in [9.17, 15) is 9.90 Å². The van der Waals surface area contributed by atoms with Gasteiger partial charge in [-0.3, -0.25) is 9.69 Å². The highest BCUT2D eigenvalue weighted by atomic mass is 16.5. The van der Waals surface area contributed by atoms with Gasteiger partial charge in [-0.1, -0.05) is 30.3 Å². The molecule has 18 heavy (non-hydrogen) atoms. The second kappa shape index (κ2) is 5.98. The summed E-state index contributed by atoms with van der Waals surface area (Å²) in [5, 5.41) is 9.72. The Balaban J connectivity index is 2.03. The Morgan fingerprint density at radius 2 is 2.17 bits per heavy atom. The van der Waals surface area contributed by atoms with Crippen LogP contribution in [-0.2, 0) is 16.1 Å². The van der Waals surface area contributed by atoms with Crippen LogP contribution in [0.4, 0.5) is 0 Å². The van der Waals surface area contributed by atoms with Gasteiger partial charge in [-0.05, 0) is 12.5 Å². The normalized spacial score (nSPS) is 24.1. The van der Waals surface area contributed by atoms with Crippen molar-refractivity contribution in [3.05, 3.63) is 35.9 Å². The van der Waals surface area contributed by atoms with E-state index < -0.39 is 6.10 Å². The summed E-state index contributed by atoms with van der Waals surface area (Å²) in [6.45, 7) is 3.37. The van der Waals surface area contributed by atoms with E-state index in [2.05, 4.69) is 0 Å². The lowest BCUT2D eigenvalue weighted by molar-refractivity contribution is -0.148. The smallest absolute Gasteiger partial charge is 0.323 e. The summed E-state index contributed by atoms with van der Waals surface area (Å²) >= 11 is 0. The number of ether oxygens (including phenoxy) is 1. The van der Waals surface area contributed by atoms with Gasteiger partial charge in [0.25, 0.3) is 0 Å². The van der Waals surface area contributed by atoms with E-state index in [0.29, 0.717) is 26.1 Å². The SMILES string of the molecule is CCOC(=O)[C@H]1C[C@H](O)CN1Cc1ccccc1. The van der Waals surface area contributed by atoms with Gasteiger partial charge in [0.15, 0.2) is 0 Å². The Morgan fingerprint density at radius 1 is 1.44 bits per heavy atom. The summed E-state index contributed by atoms with van der Waals surface area (Å²) in [4.78, 5) is 13.8. The fraction of sp³-hybridized carbons (Fsp3) is 0.500. The lowest BCUT2D eigenvalue weighted by atomic mass is 10.2. The van der Waals surface area contributed by atoms with Crippen molar-refractivity contribution in [2.75, 3.05) is 13.2 Å². The first-order chi connectivity index (χ1) is 8.70. The second-order valence-electron chi connectivity index (χ2n) is 4.57. The molecule has 2 rings (SSSR count). The van der Waals surface area contributed by atoms with Crippen molar-refractivity contribution in [1.29, 1.82) is 0 Å². The van der Waals surface area contributed by atoms with E-state index in [1.54, 1.807) is 6.92 Å². The summed E-state index contributed by atoms with van der Waals surface area (Å²) < 4.78 is 5.05. The Hall–Kier alpha value is -1.39. The van der Waals surface area contributed by atoms with Gasteiger partial charge in [0.1, 0.15) is 6.04 Å². The fourth-order valence-electron chi connectivity index (χ4n) is 2.36. The third-order valence-electron chi connectivity index (χ3n) is 3.17. The van der Waals surface area contributed by atoms with Gasteiger partial charge in [-0.25, -0.2) is 0 Å². The number of esters is 1. The van der Waals surface area contributed by atoms with Crippen molar-refractivity contribution in [2.24, 2.45) is 0 Å². The number of hydrogen-bond donors (Lipinski definition) is 1. The average molecular weight is 249 g/mol. The lowest BCUT2D eigenvalue weighted by Crippen LogP contribution is -2.36. The molecule has 1 aromatic carbocycles. The predicted octanol–water partition coefficient (Wildman–Crippen LogP) is 1.18. The van der Waals surface area contributed by atoms with Gasteiger partial charge in [-0.15, -0.1) is 0 Å². The minimum absolute atomic E-state index is 0.231. The highest BCUT2D eigenvalue weighted by Crippen LogP contribution is 2.21. The summed E-state index contributed by atoms with van der Waals surface area (Å²) in [7, 11) is 0. The molecule has 1 fully saturated rings. The van der Waals surface area contributed by atoms with Gasteiger partial charge in [0.2, 0.25) is 0 Å². The number of likely N-dealkylation sites (tertiary alicyclic amines) is 1. The number of benzene rings is 1. The molecule has 1 aromatic rings. The zero-order chi connectivity index (χ0) is 13.0. The van der Waals surface area contributed by atoms with Gasteiger partial charge in [-0.2, -0.15) is 0 Å². The Morgan fingerprint density at radius 3 is 2.83 bits per heavy atom. The van der Waals surface area contributed by atoms with Crippen LogP contribution in [0.2, 0.25) is 0 Å². The van der Waals surface area contributed by atoms with Gasteiger partial charge in [0.05, 0.1) is 12.7 Å². The predicted molar refractivity (Wildman–Crippen MR) is 67.9 cm³/mol. The number of carbonyl (C=O) groups excluding carboxylic acids is 1. The number of carbonyl (C=O) groups is 1. The molecule has 1 heterocycles. The molecule has 4 nitrogen and oxygen atoms in total. The monoisotopic (exact) mass is 249 g/mol. The third kappa shape index (κ3) is 3.09.